The Hall–Kier alpha value is -5.23. The summed E-state index contributed by atoms with van der Waals surface area (Å²) in [5, 5.41) is 0. The number of rotatable bonds is 6. The Morgan fingerprint density at radius 1 is 0.783 bits per heavy atom. The average Bonchev–Trinajstić information content (AvgIpc) is 3.53. The van der Waals surface area contributed by atoms with Crippen LogP contribution in [0.2, 0.25) is 0 Å². The van der Waals surface area contributed by atoms with Gasteiger partial charge in [-0.05, 0) is 61.1 Å². The van der Waals surface area contributed by atoms with Crippen molar-refractivity contribution in [2.24, 2.45) is 5.41 Å². The Labute approximate surface area is 270 Å². The first-order valence-corrected chi connectivity index (χ1v) is 15.7. The third kappa shape index (κ3) is 5.04. The maximum absolute atomic E-state index is 13.4. The van der Waals surface area contributed by atoms with Crippen LogP contribution in [0.3, 0.4) is 0 Å². The normalized spacial score (nSPS) is 16.6. The average molecular weight is 608 g/mol. The summed E-state index contributed by atoms with van der Waals surface area (Å²) in [6.07, 6.45) is 6.31. The van der Waals surface area contributed by atoms with Crippen LogP contribution in [0, 0.1) is 5.41 Å². The highest BCUT2D eigenvalue weighted by atomic mass is 16.6. The van der Waals surface area contributed by atoms with Gasteiger partial charge in [-0.15, -0.1) is 0 Å². The van der Waals surface area contributed by atoms with E-state index in [-0.39, 0.29) is 11.9 Å². The Balaban J connectivity index is 1.23. The summed E-state index contributed by atoms with van der Waals surface area (Å²) in [5.74, 6) is 0.115. The van der Waals surface area contributed by atoms with Gasteiger partial charge in [0.25, 0.3) is 0 Å². The molecule has 46 heavy (non-hydrogen) atoms. The van der Waals surface area contributed by atoms with Crippen molar-refractivity contribution >= 4 is 18.0 Å². The van der Waals surface area contributed by atoms with E-state index in [9.17, 15) is 9.59 Å². The van der Waals surface area contributed by atoms with Crippen LogP contribution in [0.4, 0.5) is 4.79 Å². The van der Waals surface area contributed by atoms with Crippen molar-refractivity contribution < 1.29 is 14.3 Å². The van der Waals surface area contributed by atoms with Crippen LogP contribution in [-0.4, -0.2) is 45.0 Å². The lowest BCUT2D eigenvalue weighted by Gasteiger charge is -2.54. The zero-order valence-corrected chi connectivity index (χ0v) is 26.4. The van der Waals surface area contributed by atoms with E-state index >= 15 is 0 Å². The summed E-state index contributed by atoms with van der Waals surface area (Å²) in [6.45, 7) is 6.36. The molecule has 0 bridgehead atoms. The fraction of sp³-hybridized carbons (Fsp3) is 0.225. The number of carbonyl (C=O) groups excluding carboxylic acids is 2. The molecule has 6 nitrogen and oxygen atoms in total. The van der Waals surface area contributed by atoms with Crippen LogP contribution in [0.5, 0.6) is 0 Å². The number of ketones is 1. The molecule has 2 fully saturated rings. The summed E-state index contributed by atoms with van der Waals surface area (Å²) >= 11 is 0. The van der Waals surface area contributed by atoms with Gasteiger partial charge >= 0.3 is 6.09 Å². The number of ether oxygens (including phenoxy) is 1. The van der Waals surface area contributed by atoms with Crippen LogP contribution >= 0.6 is 0 Å². The lowest BCUT2D eigenvalue weighted by atomic mass is 9.59. The van der Waals surface area contributed by atoms with Crippen molar-refractivity contribution in [1.82, 2.24) is 14.5 Å². The molecule has 1 aliphatic carbocycles. The molecular formula is C40H37N3O3. The largest absolute Gasteiger partial charge is 0.444 e. The van der Waals surface area contributed by atoms with Gasteiger partial charge in [0.05, 0.1) is 17.4 Å². The monoisotopic (exact) mass is 607 g/mol. The van der Waals surface area contributed by atoms with Gasteiger partial charge in [-0.2, -0.15) is 0 Å². The van der Waals surface area contributed by atoms with E-state index in [1.807, 2.05) is 69.6 Å². The van der Waals surface area contributed by atoms with Crippen molar-refractivity contribution in [2.75, 3.05) is 13.1 Å². The molecule has 1 saturated carbocycles. The second kappa shape index (κ2) is 11.3. The van der Waals surface area contributed by atoms with Gasteiger partial charge in [-0.1, -0.05) is 115 Å². The molecule has 1 spiro atoms. The number of hydrogen-bond acceptors (Lipinski definition) is 4. The molecule has 0 unspecified atom stereocenters. The molecular weight excluding hydrogens is 570 g/mol. The topological polar surface area (TPSA) is 64.4 Å². The van der Waals surface area contributed by atoms with Crippen molar-refractivity contribution in [2.45, 2.75) is 38.3 Å². The molecule has 1 aliphatic heterocycles. The first kappa shape index (κ1) is 29.5. The van der Waals surface area contributed by atoms with Crippen LogP contribution in [0.15, 0.2) is 133 Å². The van der Waals surface area contributed by atoms with Gasteiger partial charge in [-0.25, -0.2) is 9.78 Å². The number of benzene rings is 4. The van der Waals surface area contributed by atoms with Crippen molar-refractivity contribution in [3.8, 4) is 11.3 Å². The second-order valence-corrected chi connectivity index (χ2v) is 13.4. The Morgan fingerprint density at radius 3 is 1.83 bits per heavy atom. The summed E-state index contributed by atoms with van der Waals surface area (Å²) in [7, 11) is 0. The minimum absolute atomic E-state index is 0.115. The van der Waals surface area contributed by atoms with E-state index in [0.29, 0.717) is 19.5 Å². The number of amides is 1. The van der Waals surface area contributed by atoms with Gasteiger partial charge in [0.2, 0.25) is 0 Å². The van der Waals surface area contributed by atoms with E-state index in [0.717, 1.165) is 39.1 Å². The smallest absolute Gasteiger partial charge is 0.410 e. The first-order chi connectivity index (χ1) is 22.2. The number of hydrogen-bond donors (Lipinski definition) is 0. The molecule has 0 atom stereocenters. The van der Waals surface area contributed by atoms with E-state index in [4.69, 9.17) is 9.72 Å². The number of likely N-dealkylation sites (tertiary alicyclic amines) is 1. The number of carbonyl (C=O) groups is 2. The van der Waals surface area contributed by atoms with Gasteiger partial charge in [-0.3, -0.25) is 4.79 Å². The van der Waals surface area contributed by atoms with Gasteiger partial charge in [0.15, 0.2) is 5.78 Å². The molecule has 0 N–H and O–H groups in total. The van der Waals surface area contributed by atoms with Crippen molar-refractivity contribution in [3.63, 3.8) is 0 Å². The summed E-state index contributed by atoms with van der Waals surface area (Å²) in [4.78, 5) is 32.5. The fourth-order valence-electron chi connectivity index (χ4n) is 6.95. The van der Waals surface area contributed by atoms with Gasteiger partial charge in [0.1, 0.15) is 11.1 Å². The quantitative estimate of drug-likeness (QED) is 0.145. The standard InChI is InChI=1S/C40H37N3O3/c1-38(2,3)46-37(45)42-26-39(27-42)24-30(36(39)44)23-29-15-13-14-22-34(29)35-25-43(28-41-35)40(31-16-7-4-8-17-31,32-18-9-5-10-19-32)33-20-11-6-12-21-33/h4-23,25,28H,24,26-27H2,1-3H3/b30-23+. The predicted octanol–water partition coefficient (Wildman–Crippen LogP) is 7.98. The molecule has 2 aliphatic rings. The Kier molecular flexibility index (Phi) is 7.23. The zero-order chi connectivity index (χ0) is 31.9. The number of nitrogens with zero attached hydrogens (tertiary/aromatic N) is 3. The zero-order valence-electron chi connectivity index (χ0n) is 26.4. The number of imidazole rings is 1. The molecule has 4 aromatic carbocycles. The highest BCUT2D eigenvalue weighted by Crippen LogP contribution is 2.50. The predicted molar refractivity (Wildman–Crippen MR) is 180 cm³/mol. The van der Waals surface area contributed by atoms with Crippen molar-refractivity contribution in [3.05, 3.63) is 156 Å². The minimum atomic E-state index is -0.664. The number of allylic oxidation sites excluding steroid dienone is 1. The molecule has 1 amide bonds. The molecule has 1 aromatic heterocycles. The number of Topliss-reactive ketones (excluding diaryl/α,β-unsaturated/α-hetero) is 1. The molecule has 7 rings (SSSR count). The molecule has 6 heteroatoms. The maximum atomic E-state index is 13.4. The summed E-state index contributed by atoms with van der Waals surface area (Å²) in [5.41, 5.74) is 5.16. The molecule has 5 aromatic rings. The van der Waals surface area contributed by atoms with Crippen molar-refractivity contribution in [1.29, 1.82) is 0 Å². The van der Waals surface area contributed by atoms with Gasteiger partial charge < -0.3 is 14.2 Å². The minimum Gasteiger partial charge on any atom is -0.444 e. The van der Waals surface area contributed by atoms with Crippen LogP contribution in [0.1, 0.15) is 49.4 Å². The van der Waals surface area contributed by atoms with Crippen LogP contribution < -0.4 is 0 Å². The van der Waals surface area contributed by atoms with Crippen LogP contribution in [0.25, 0.3) is 17.3 Å². The molecule has 230 valence electrons. The van der Waals surface area contributed by atoms with E-state index < -0.39 is 16.6 Å². The third-order valence-corrected chi connectivity index (χ3v) is 9.05. The van der Waals surface area contributed by atoms with E-state index in [2.05, 4.69) is 89.6 Å². The lowest BCUT2D eigenvalue weighted by Crippen LogP contribution is -2.67. The summed E-state index contributed by atoms with van der Waals surface area (Å²) < 4.78 is 7.69. The Morgan fingerprint density at radius 2 is 1.30 bits per heavy atom. The third-order valence-electron chi connectivity index (χ3n) is 9.05. The lowest BCUT2D eigenvalue weighted by molar-refractivity contribution is -0.142. The highest BCUT2D eigenvalue weighted by Gasteiger charge is 2.59. The SMILES string of the molecule is CC(C)(C)OC(=O)N1CC2(C/C(=C\c3ccccc3-c3cn(C(c4ccccc4)(c4ccccc4)c4ccccc4)cn3)C2=O)C1. The maximum Gasteiger partial charge on any atom is 0.410 e. The number of aromatic nitrogens is 2. The van der Waals surface area contributed by atoms with Gasteiger partial charge in [0, 0.05) is 24.8 Å². The molecule has 1 saturated heterocycles. The van der Waals surface area contributed by atoms with Crippen LogP contribution in [-0.2, 0) is 15.1 Å². The molecule has 2 heterocycles. The highest BCUT2D eigenvalue weighted by molar-refractivity contribution is 6.12. The molecule has 0 radical (unpaired) electrons. The Bertz CT molecular complexity index is 1820. The van der Waals surface area contributed by atoms with E-state index in [1.165, 1.54) is 0 Å². The first-order valence-electron chi connectivity index (χ1n) is 15.7. The summed E-state index contributed by atoms with van der Waals surface area (Å²) in [6, 6.07) is 39.7. The van der Waals surface area contributed by atoms with E-state index in [1.54, 1.807) is 4.90 Å². The fourth-order valence-corrected chi connectivity index (χ4v) is 6.95. The second-order valence-electron chi connectivity index (χ2n) is 13.4.